The minimum atomic E-state index is -0.0691. The molecule has 0 saturated heterocycles. The summed E-state index contributed by atoms with van der Waals surface area (Å²) in [7, 11) is 0. The maximum atomic E-state index is 11.8. The van der Waals surface area contributed by atoms with Crippen LogP contribution < -0.4 is 5.32 Å². The summed E-state index contributed by atoms with van der Waals surface area (Å²) >= 11 is 5.86. The van der Waals surface area contributed by atoms with E-state index in [0.29, 0.717) is 36.1 Å². The van der Waals surface area contributed by atoms with Crippen LogP contribution >= 0.6 is 11.6 Å². The Balaban J connectivity index is 1.49. The Bertz CT molecular complexity index is 677. The molecule has 1 saturated carbocycles. The van der Waals surface area contributed by atoms with E-state index >= 15 is 0 Å². The molecule has 0 bridgehead atoms. The standard InChI is InChI=1S/C17H19ClN2O3/c18-13-3-1-12(2-4-13)14-9-19-16(23-14)6-5-15(22)20-10-17(11-21)7-8-17/h1-4,9,21H,5-8,10-11H2,(H,20,22). The van der Waals surface area contributed by atoms with Gasteiger partial charge in [-0.15, -0.1) is 0 Å². The van der Waals surface area contributed by atoms with Gasteiger partial charge < -0.3 is 14.8 Å². The number of aromatic nitrogens is 1. The number of aliphatic hydroxyl groups is 1. The highest BCUT2D eigenvalue weighted by molar-refractivity contribution is 6.30. The number of carbonyl (C=O) groups excluding carboxylic acids is 1. The molecule has 0 atom stereocenters. The van der Waals surface area contributed by atoms with Gasteiger partial charge in [-0.1, -0.05) is 11.6 Å². The molecular formula is C17H19ClN2O3. The van der Waals surface area contributed by atoms with Gasteiger partial charge in [0.2, 0.25) is 5.91 Å². The van der Waals surface area contributed by atoms with Gasteiger partial charge in [0.15, 0.2) is 11.7 Å². The number of nitrogens with one attached hydrogen (secondary N) is 1. The van der Waals surface area contributed by atoms with Crippen LogP contribution in [0.1, 0.15) is 25.2 Å². The highest BCUT2D eigenvalue weighted by Gasteiger charge is 2.41. The highest BCUT2D eigenvalue weighted by atomic mass is 35.5. The number of benzene rings is 1. The van der Waals surface area contributed by atoms with E-state index in [1.165, 1.54) is 0 Å². The second-order valence-corrected chi connectivity index (χ2v) is 6.50. The molecule has 0 unspecified atom stereocenters. The number of rotatable bonds is 7. The van der Waals surface area contributed by atoms with Gasteiger partial charge in [-0.05, 0) is 37.1 Å². The molecule has 2 N–H and O–H groups in total. The molecule has 0 radical (unpaired) electrons. The molecular weight excluding hydrogens is 316 g/mol. The molecule has 1 aliphatic carbocycles. The second kappa shape index (κ2) is 6.72. The quantitative estimate of drug-likeness (QED) is 0.816. The van der Waals surface area contributed by atoms with Gasteiger partial charge in [-0.25, -0.2) is 4.98 Å². The Morgan fingerprint density at radius 2 is 2.09 bits per heavy atom. The summed E-state index contributed by atoms with van der Waals surface area (Å²) in [6.45, 7) is 0.682. The number of hydrogen-bond acceptors (Lipinski definition) is 4. The summed E-state index contributed by atoms with van der Waals surface area (Å²) in [5.74, 6) is 1.15. The predicted molar refractivity (Wildman–Crippen MR) is 87.0 cm³/mol. The molecule has 1 aromatic heterocycles. The number of amides is 1. The maximum absolute atomic E-state index is 11.8. The van der Waals surface area contributed by atoms with Gasteiger partial charge in [-0.3, -0.25) is 4.79 Å². The van der Waals surface area contributed by atoms with Crippen LogP contribution in [0.5, 0.6) is 0 Å². The number of aliphatic hydroxyl groups excluding tert-OH is 1. The van der Waals surface area contributed by atoms with E-state index < -0.39 is 0 Å². The van der Waals surface area contributed by atoms with E-state index in [0.717, 1.165) is 18.4 Å². The molecule has 1 heterocycles. The van der Waals surface area contributed by atoms with Crippen molar-refractivity contribution < 1.29 is 14.3 Å². The van der Waals surface area contributed by atoms with Crippen molar-refractivity contribution in [3.05, 3.63) is 41.4 Å². The Morgan fingerprint density at radius 1 is 1.35 bits per heavy atom. The zero-order valence-corrected chi connectivity index (χ0v) is 13.5. The first-order valence-electron chi connectivity index (χ1n) is 7.68. The Kier molecular flexibility index (Phi) is 4.68. The number of aryl methyl sites for hydroxylation is 1. The molecule has 3 rings (SSSR count). The normalized spacial score (nSPS) is 15.4. The van der Waals surface area contributed by atoms with Crippen molar-refractivity contribution in [2.24, 2.45) is 5.41 Å². The number of oxazole rings is 1. The Labute approximate surface area is 139 Å². The lowest BCUT2D eigenvalue weighted by atomic mass is 10.1. The Hall–Kier alpha value is -1.85. The first-order valence-corrected chi connectivity index (χ1v) is 8.06. The predicted octanol–water partition coefficient (Wildman–Crippen LogP) is 2.82. The van der Waals surface area contributed by atoms with E-state index in [-0.39, 0.29) is 17.9 Å². The summed E-state index contributed by atoms with van der Waals surface area (Å²) in [6.07, 6.45) is 4.39. The van der Waals surface area contributed by atoms with Crippen molar-refractivity contribution in [1.29, 1.82) is 0 Å². The van der Waals surface area contributed by atoms with Gasteiger partial charge in [-0.2, -0.15) is 0 Å². The molecule has 1 aromatic carbocycles. The third-order valence-corrected chi connectivity index (χ3v) is 4.45. The van der Waals surface area contributed by atoms with Gasteiger partial charge in [0.25, 0.3) is 0 Å². The molecule has 0 spiro atoms. The van der Waals surface area contributed by atoms with Crippen molar-refractivity contribution in [2.75, 3.05) is 13.2 Å². The van der Waals surface area contributed by atoms with Crippen LogP contribution in [0, 0.1) is 5.41 Å². The fraction of sp³-hybridized carbons (Fsp3) is 0.412. The molecule has 0 aliphatic heterocycles. The summed E-state index contributed by atoms with van der Waals surface area (Å²) in [4.78, 5) is 16.0. The van der Waals surface area contributed by atoms with E-state index in [4.69, 9.17) is 16.0 Å². The lowest BCUT2D eigenvalue weighted by molar-refractivity contribution is -0.121. The molecule has 1 fully saturated rings. The number of nitrogens with zero attached hydrogens (tertiary/aromatic N) is 1. The van der Waals surface area contributed by atoms with Crippen LogP contribution in [0.25, 0.3) is 11.3 Å². The third-order valence-electron chi connectivity index (χ3n) is 4.20. The average molecular weight is 335 g/mol. The largest absolute Gasteiger partial charge is 0.441 e. The minimum Gasteiger partial charge on any atom is -0.441 e. The van der Waals surface area contributed by atoms with Crippen molar-refractivity contribution in [3.8, 4) is 11.3 Å². The van der Waals surface area contributed by atoms with Crippen LogP contribution in [0.4, 0.5) is 0 Å². The number of halogens is 1. The van der Waals surface area contributed by atoms with Crippen LogP contribution in [0.2, 0.25) is 5.02 Å². The third kappa shape index (κ3) is 4.12. The molecule has 2 aromatic rings. The van der Waals surface area contributed by atoms with Gasteiger partial charge in [0.05, 0.1) is 12.8 Å². The Morgan fingerprint density at radius 3 is 2.74 bits per heavy atom. The van der Waals surface area contributed by atoms with E-state index in [1.54, 1.807) is 18.3 Å². The van der Waals surface area contributed by atoms with Crippen molar-refractivity contribution >= 4 is 17.5 Å². The van der Waals surface area contributed by atoms with Crippen molar-refractivity contribution in [1.82, 2.24) is 10.3 Å². The zero-order chi connectivity index (χ0) is 16.3. The summed E-state index contributed by atoms with van der Waals surface area (Å²) in [6, 6.07) is 7.31. The van der Waals surface area contributed by atoms with E-state index in [2.05, 4.69) is 10.3 Å². The summed E-state index contributed by atoms with van der Waals surface area (Å²) in [5, 5.41) is 12.8. The van der Waals surface area contributed by atoms with Gasteiger partial charge in [0, 0.05) is 35.4 Å². The van der Waals surface area contributed by atoms with E-state index in [1.807, 2.05) is 12.1 Å². The second-order valence-electron chi connectivity index (χ2n) is 6.06. The van der Waals surface area contributed by atoms with Crippen LogP contribution in [-0.2, 0) is 11.2 Å². The van der Waals surface area contributed by atoms with Gasteiger partial charge >= 0.3 is 0 Å². The van der Waals surface area contributed by atoms with E-state index in [9.17, 15) is 9.90 Å². The molecule has 23 heavy (non-hydrogen) atoms. The average Bonchev–Trinajstić information content (AvgIpc) is 3.20. The first kappa shape index (κ1) is 16.0. The van der Waals surface area contributed by atoms with Crippen molar-refractivity contribution in [3.63, 3.8) is 0 Å². The monoisotopic (exact) mass is 334 g/mol. The molecule has 5 nitrogen and oxygen atoms in total. The lowest BCUT2D eigenvalue weighted by Crippen LogP contribution is -2.31. The molecule has 6 heteroatoms. The maximum Gasteiger partial charge on any atom is 0.220 e. The highest BCUT2D eigenvalue weighted by Crippen LogP contribution is 2.44. The molecule has 1 aliphatic rings. The summed E-state index contributed by atoms with van der Waals surface area (Å²) < 4.78 is 5.66. The molecule has 1 amide bonds. The lowest BCUT2D eigenvalue weighted by Gasteiger charge is -2.12. The number of carbonyl (C=O) groups is 1. The van der Waals surface area contributed by atoms with Gasteiger partial charge in [0.1, 0.15) is 0 Å². The minimum absolute atomic E-state index is 0.0454. The molecule has 122 valence electrons. The topological polar surface area (TPSA) is 75.4 Å². The van der Waals surface area contributed by atoms with Crippen LogP contribution in [0.15, 0.2) is 34.9 Å². The smallest absolute Gasteiger partial charge is 0.220 e. The SMILES string of the molecule is O=C(CCc1ncc(-c2ccc(Cl)cc2)o1)NCC1(CO)CC1. The zero-order valence-electron chi connectivity index (χ0n) is 12.7. The first-order chi connectivity index (χ1) is 11.1. The summed E-state index contributed by atoms with van der Waals surface area (Å²) in [5.41, 5.74) is 0.830. The fourth-order valence-electron chi connectivity index (χ4n) is 2.34. The fourth-order valence-corrected chi connectivity index (χ4v) is 2.46. The van der Waals surface area contributed by atoms with Crippen molar-refractivity contribution in [2.45, 2.75) is 25.7 Å². The van der Waals surface area contributed by atoms with Crippen LogP contribution in [-0.4, -0.2) is 29.1 Å². The number of hydrogen-bond donors (Lipinski definition) is 2. The van der Waals surface area contributed by atoms with Crippen LogP contribution in [0.3, 0.4) is 0 Å².